The minimum atomic E-state index is -0.663. The molecule has 3 rings (SSSR count). The molecule has 2 amide bonds. The van der Waals surface area contributed by atoms with Crippen LogP contribution in [0.15, 0.2) is 47.3 Å². The number of carbonyl (C=O) groups is 2. The van der Waals surface area contributed by atoms with Crippen molar-refractivity contribution in [1.29, 1.82) is 0 Å². The lowest BCUT2D eigenvalue weighted by Gasteiger charge is -2.30. The van der Waals surface area contributed by atoms with Crippen LogP contribution in [0.4, 0.5) is 0 Å². The number of rotatable bonds is 5. The van der Waals surface area contributed by atoms with Gasteiger partial charge in [-0.3, -0.25) is 9.59 Å². The Morgan fingerprint density at radius 3 is 2.76 bits per heavy atom. The van der Waals surface area contributed by atoms with Crippen molar-refractivity contribution in [1.82, 2.24) is 10.2 Å². The van der Waals surface area contributed by atoms with Crippen LogP contribution in [-0.2, 0) is 4.79 Å². The highest BCUT2D eigenvalue weighted by atomic mass is 16.6. The van der Waals surface area contributed by atoms with Gasteiger partial charge in [-0.2, -0.15) is 0 Å². The van der Waals surface area contributed by atoms with Crippen molar-refractivity contribution in [3.63, 3.8) is 0 Å². The van der Waals surface area contributed by atoms with E-state index in [0.717, 1.165) is 0 Å². The number of fused-ring (bicyclic) bond motifs is 1. The van der Waals surface area contributed by atoms with E-state index >= 15 is 0 Å². The molecule has 1 aromatic carbocycles. The van der Waals surface area contributed by atoms with E-state index in [2.05, 4.69) is 5.32 Å². The normalized spacial score (nSPS) is 16.8. The van der Waals surface area contributed by atoms with Gasteiger partial charge in [0, 0.05) is 7.05 Å². The Kier molecular flexibility index (Phi) is 4.92. The molecule has 1 N–H and O–H groups in total. The Morgan fingerprint density at radius 1 is 1.28 bits per heavy atom. The third kappa shape index (κ3) is 3.93. The largest absolute Gasteiger partial charge is 0.486 e. The van der Waals surface area contributed by atoms with E-state index in [1.54, 1.807) is 20.0 Å². The molecular weight excluding hydrogens is 324 g/mol. The maximum absolute atomic E-state index is 12.5. The molecule has 1 aromatic heterocycles. The van der Waals surface area contributed by atoms with Crippen LogP contribution in [0.25, 0.3) is 0 Å². The highest BCUT2D eigenvalue weighted by Gasteiger charge is 2.26. The highest BCUT2D eigenvalue weighted by molar-refractivity contribution is 5.97. The van der Waals surface area contributed by atoms with E-state index < -0.39 is 6.04 Å². The summed E-state index contributed by atoms with van der Waals surface area (Å²) >= 11 is 0. The summed E-state index contributed by atoms with van der Waals surface area (Å²) in [5.41, 5.74) is 0.378. The van der Waals surface area contributed by atoms with Crippen molar-refractivity contribution in [2.24, 2.45) is 0 Å². The molecule has 0 radical (unpaired) electrons. The van der Waals surface area contributed by atoms with Crippen molar-refractivity contribution in [3.05, 3.63) is 48.4 Å². The first kappa shape index (κ1) is 16.9. The summed E-state index contributed by atoms with van der Waals surface area (Å²) < 4.78 is 16.4. The Labute approximate surface area is 145 Å². The second-order valence-electron chi connectivity index (χ2n) is 5.92. The molecule has 132 valence electrons. The van der Waals surface area contributed by atoms with Gasteiger partial charge in [0.2, 0.25) is 5.91 Å². The van der Waals surface area contributed by atoms with Crippen LogP contribution in [0.2, 0.25) is 0 Å². The number of ether oxygens (including phenoxy) is 2. The molecular formula is C18H20N2O5. The summed E-state index contributed by atoms with van der Waals surface area (Å²) in [4.78, 5) is 26.0. The van der Waals surface area contributed by atoms with Crippen LogP contribution in [-0.4, -0.2) is 49.1 Å². The molecule has 7 nitrogen and oxygen atoms in total. The van der Waals surface area contributed by atoms with E-state index in [-0.39, 0.29) is 17.9 Å². The number of hydrogen-bond acceptors (Lipinski definition) is 5. The van der Waals surface area contributed by atoms with Crippen LogP contribution in [0.5, 0.6) is 11.5 Å². The fraction of sp³-hybridized carbons (Fsp3) is 0.333. The number of benzene rings is 1. The smallest absolute Gasteiger partial charge is 0.255 e. The van der Waals surface area contributed by atoms with Gasteiger partial charge in [-0.15, -0.1) is 0 Å². The van der Waals surface area contributed by atoms with Crippen molar-refractivity contribution in [3.8, 4) is 11.5 Å². The molecule has 0 saturated heterocycles. The van der Waals surface area contributed by atoms with Crippen LogP contribution < -0.4 is 14.8 Å². The predicted molar refractivity (Wildman–Crippen MR) is 89.6 cm³/mol. The average molecular weight is 344 g/mol. The zero-order chi connectivity index (χ0) is 17.8. The van der Waals surface area contributed by atoms with Gasteiger partial charge in [-0.05, 0) is 25.1 Å². The van der Waals surface area contributed by atoms with Gasteiger partial charge in [0.25, 0.3) is 5.91 Å². The van der Waals surface area contributed by atoms with E-state index in [0.29, 0.717) is 30.2 Å². The van der Waals surface area contributed by atoms with Gasteiger partial charge >= 0.3 is 0 Å². The van der Waals surface area contributed by atoms with Crippen LogP contribution >= 0.6 is 0 Å². The predicted octanol–water partition coefficient (Wildman–Crippen LogP) is 1.70. The van der Waals surface area contributed by atoms with Crippen molar-refractivity contribution in [2.75, 3.05) is 20.2 Å². The van der Waals surface area contributed by atoms with E-state index in [1.807, 2.05) is 24.3 Å². The first-order valence-corrected chi connectivity index (χ1v) is 8.01. The molecule has 0 bridgehead atoms. The van der Waals surface area contributed by atoms with Gasteiger partial charge in [0.15, 0.2) is 17.6 Å². The Bertz CT molecular complexity index is 744. The monoisotopic (exact) mass is 344 g/mol. The first-order valence-electron chi connectivity index (χ1n) is 8.01. The molecule has 2 atom stereocenters. The summed E-state index contributed by atoms with van der Waals surface area (Å²) in [7, 11) is 1.67. The molecule has 0 spiro atoms. The van der Waals surface area contributed by atoms with Gasteiger partial charge in [0.05, 0.1) is 18.4 Å². The van der Waals surface area contributed by atoms with Gasteiger partial charge in [-0.25, -0.2) is 0 Å². The first-order chi connectivity index (χ1) is 12.0. The van der Waals surface area contributed by atoms with Gasteiger partial charge in [-0.1, -0.05) is 12.1 Å². The SMILES string of the molecule is C[C@@H](NC(=O)c1ccoc1)C(=O)N(C)C[C@H]1COc2ccccc2O1. The molecule has 0 saturated carbocycles. The third-order valence-corrected chi connectivity index (χ3v) is 3.92. The summed E-state index contributed by atoms with van der Waals surface area (Å²) in [5, 5.41) is 2.65. The lowest BCUT2D eigenvalue weighted by atomic mass is 10.2. The molecule has 0 unspecified atom stereocenters. The number of para-hydroxylation sites is 2. The number of likely N-dealkylation sites (N-methyl/N-ethyl adjacent to an activating group) is 1. The van der Waals surface area contributed by atoms with E-state index in [4.69, 9.17) is 13.9 Å². The molecule has 0 aliphatic carbocycles. The van der Waals surface area contributed by atoms with Crippen LogP contribution in [0.1, 0.15) is 17.3 Å². The molecule has 1 aliphatic heterocycles. The molecule has 2 heterocycles. The van der Waals surface area contributed by atoms with Crippen molar-refractivity contribution in [2.45, 2.75) is 19.1 Å². The lowest BCUT2D eigenvalue weighted by molar-refractivity contribution is -0.132. The van der Waals surface area contributed by atoms with Crippen LogP contribution in [0.3, 0.4) is 0 Å². The maximum atomic E-state index is 12.5. The molecule has 2 aromatic rings. The summed E-state index contributed by atoms with van der Waals surface area (Å²) in [6, 6.07) is 8.30. The summed E-state index contributed by atoms with van der Waals surface area (Å²) in [6.45, 7) is 2.37. The van der Waals surface area contributed by atoms with Crippen LogP contribution in [0, 0.1) is 0 Å². The third-order valence-electron chi connectivity index (χ3n) is 3.92. The molecule has 25 heavy (non-hydrogen) atoms. The number of furan rings is 1. The fourth-order valence-corrected chi connectivity index (χ4v) is 2.61. The van der Waals surface area contributed by atoms with E-state index in [1.165, 1.54) is 17.4 Å². The zero-order valence-electron chi connectivity index (χ0n) is 14.1. The zero-order valence-corrected chi connectivity index (χ0v) is 14.1. The number of amides is 2. The quantitative estimate of drug-likeness (QED) is 0.893. The Hall–Kier alpha value is -2.96. The minimum Gasteiger partial charge on any atom is -0.486 e. The second kappa shape index (κ2) is 7.29. The standard InChI is InChI=1S/C18H20N2O5/c1-12(19-17(21)13-7-8-23-10-13)18(22)20(2)9-14-11-24-15-5-3-4-6-16(15)25-14/h3-8,10,12,14H,9,11H2,1-2H3,(H,19,21)/t12-,14+/m1/s1. The molecule has 1 aliphatic rings. The number of hydrogen-bond donors (Lipinski definition) is 1. The summed E-state index contributed by atoms with van der Waals surface area (Å²) in [5.74, 6) is 0.808. The highest BCUT2D eigenvalue weighted by Crippen LogP contribution is 2.30. The summed E-state index contributed by atoms with van der Waals surface area (Å²) in [6.07, 6.45) is 2.48. The number of nitrogens with one attached hydrogen (secondary N) is 1. The Balaban J connectivity index is 1.53. The molecule has 0 fully saturated rings. The van der Waals surface area contributed by atoms with Crippen molar-refractivity contribution >= 4 is 11.8 Å². The Morgan fingerprint density at radius 2 is 2.04 bits per heavy atom. The fourth-order valence-electron chi connectivity index (χ4n) is 2.61. The van der Waals surface area contributed by atoms with Gasteiger partial charge in [0.1, 0.15) is 18.9 Å². The topological polar surface area (TPSA) is 81.0 Å². The second-order valence-corrected chi connectivity index (χ2v) is 5.92. The maximum Gasteiger partial charge on any atom is 0.255 e. The van der Waals surface area contributed by atoms with Gasteiger partial charge < -0.3 is 24.1 Å². The molecule has 7 heteroatoms. The lowest BCUT2D eigenvalue weighted by Crippen LogP contribution is -2.49. The number of nitrogens with zero attached hydrogens (tertiary/aromatic N) is 1. The van der Waals surface area contributed by atoms with E-state index in [9.17, 15) is 9.59 Å². The number of carbonyl (C=O) groups excluding carboxylic acids is 2. The van der Waals surface area contributed by atoms with Crippen molar-refractivity contribution < 1.29 is 23.5 Å². The minimum absolute atomic E-state index is 0.209. The average Bonchev–Trinajstić information content (AvgIpc) is 3.15.